The van der Waals surface area contributed by atoms with Crippen LogP contribution in [-0.2, 0) is 9.53 Å². The van der Waals surface area contributed by atoms with Crippen LogP contribution in [0.25, 0.3) is 0 Å². The lowest BCUT2D eigenvalue weighted by molar-refractivity contribution is -0.144. The van der Waals surface area contributed by atoms with E-state index in [9.17, 15) is 4.79 Å². The van der Waals surface area contributed by atoms with Crippen LogP contribution >= 0.6 is 0 Å². The second-order valence-electron chi connectivity index (χ2n) is 4.94. The van der Waals surface area contributed by atoms with Gasteiger partial charge in [0.2, 0.25) is 0 Å². The average molecular weight is 240 g/mol. The fraction of sp³-hybridized carbons (Fsp3) is 0.800. The number of carbonyl (C=O) groups excluding carboxylic acids is 1. The van der Waals surface area contributed by atoms with Gasteiger partial charge < -0.3 is 4.74 Å². The Morgan fingerprint density at radius 3 is 2.35 bits per heavy atom. The summed E-state index contributed by atoms with van der Waals surface area (Å²) in [6, 6.07) is 0. The molecule has 2 nitrogen and oxygen atoms in total. The average Bonchev–Trinajstić information content (AvgIpc) is 2.30. The highest BCUT2D eigenvalue weighted by Crippen LogP contribution is 2.04. The number of unbranched alkanes of at least 4 members (excludes halogenated alkanes) is 4. The zero-order valence-corrected chi connectivity index (χ0v) is 11.7. The van der Waals surface area contributed by atoms with E-state index in [1.165, 1.54) is 25.7 Å². The minimum Gasteiger partial charge on any atom is -0.465 e. The maximum absolute atomic E-state index is 11.3. The van der Waals surface area contributed by atoms with Gasteiger partial charge in [-0.1, -0.05) is 45.8 Å². The summed E-state index contributed by atoms with van der Waals surface area (Å²) in [5.41, 5.74) is 0. The predicted octanol–water partition coefficient (Wildman–Crippen LogP) is 4.49. The van der Waals surface area contributed by atoms with Gasteiger partial charge >= 0.3 is 5.97 Å². The Balaban J connectivity index is 3.29. The van der Waals surface area contributed by atoms with E-state index >= 15 is 0 Å². The summed E-state index contributed by atoms with van der Waals surface area (Å²) in [5, 5.41) is 0. The second kappa shape index (κ2) is 11.7. The molecule has 17 heavy (non-hydrogen) atoms. The number of hydrogen-bond acceptors (Lipinski definition) is 2. The molecule has 0 aliphatic heterocycles. The van der Waals surface area contributed by atoms with E-state index in [0.29, 0.717) is 18.9 Å². The Hall–Kier alpha value is -0.790. The second-order valence-corrected chi connectivity index (χ2v) is 4.94. The van der Waals surface area contributed by atoms with Gasteiger partial charge in [0.15, 0.2) is 0 Å². The molecule has 0 heterocycles. The minimum atomic E-state index is -0.0573. The zero-order chi connectivity index (χ0) is 12.9. The molecule has 0 unspecified atom stereocenters. The van der Waals surface area contributed by atoms with Crippen molar-refractivity contribution in [3.05, 3.63) is 12.2 Å². The zero-order valence-electron chi connectivity index (χ0n) is 11.7. The summed E-state index contributed by atoms with van der Waals surface area (Å²) >= 11 is 0. The molecule has 0 spiro atoms. The predicted molar refractivity (Wildman–Crippen MR) is 72.9 cm³/mol. The third kappa shape index (κ3) is 13.1. The first kappa shape index (κ1) is 16.2. The van der Waals surface area contributed by atoms with Crippen molar-refractivity contribution in [2.45, 2.75) is 65.7 Å². The monoisotopic (exact) mass is 240 g/mol. The standard InChI is InChI=1S/C15H28O2/c1-4-5-6-7-8-9-10-11-12-15(16)17-13-14(2)3/h8-9,14H,4-7,10-13H2,1-3H3/b9-8+. The summed E-state index contributed by atoms with van der Waals surface area (Å²) < 4.78 is 5.10. The molecule has 0 aliphatic carbocycles. The first-order chi connectivity index (χ1) is 8.16. The molecule has 0 atom stereocenters. The van der Waals surface area contributed by atoms with E-state index in [1.54, 1.807) is 0 Å². The van der Waals surface area contributed by atoms with E-state index in [1.807, 2.05) is 13.8 Å². The molecule has 0 rings (SSSR count). The first-order valence-corrected chi connectivity index (χ1v) is 6.97. The molecule has 0 radical (unpaired) electrons. The van der Waals surface area contributed by atoms with Crippen LogP contribution in [0.3, 0.4) is 0 Å². The molecule has 2 heteroatoms. The van der Waals surface area contributed by atoms with Crippen LogP contribution in [0.5, 0.6) is 0 Å². The van der Waals surface area contributed by atoms with Crippen LogP contribution in [0.2, 0.25) is 0 Å². The van der Waals surface area contributed by atoms with Crippen LogP contribution in [-0.4, -0.2) is 12.6 Å². The van der Waals surface area contributed by atoms with Crippen molar-refractivity contribution in [3.63, 3.8) is 0 Å². The third-order valence-corrected chi connectivity index (χ3v) is 2.47. The highest BCUT2D eigenvalue weighted by molar-refractivity contribution is 5.69. The maximum atomic E-state index is 11.3. The molecule has 0 fully saturated rings. The quantitative estimate of drug-likeness (QED) is 0.319. The lowest BCUT2D eigenvalue weighted by atomic mass is 10.1. The Morgan fingerprint density at radius 1 is 1.12 bits per heavy atom. The van der Waals surface area contributed by atoms with E-state index in [0.717, 1.165) is 12.8 Å². The van der Waals surface area contributed by atoms with Gasteiger partial charge in [-0.15, -0.1) is 0 Å². The molecule has 0 saturated heterocycles. The number of rotatable bonds is 10. The molecular formula is C15H28O2. The summed E-state index contributed by atoms with van der Waals surface area (Å²) in [6.45, 7) is 6.86. The molecule has 0 bridgehead atoms. The number of carbonyl (C=O) groups is 1. The van der Waals surface area contributed by atoms with Crippen LogP contribution in [0.15, 0.2) is 12.2 Å². The third-order valence-electron chi connectivity index (χ3n) is 2.47. The Labute approximate surface area is 106 Å². The summed E-state index contributed by atoms with van der Waals surface area (Å²) in [6.07, 6.45) is 11.9. The normalized spacial score (nSPS) is 11.3. The van der Waals surface area contributed by atoms with E-state index in [2.05, 4.69) is 19.1 Å². The topological polar surface area (TPSA) is 26.3 Å². The maximum Gasteiger partial charge on any atom is 0.305 e. The van der Waals surface area contributed by atoms with Crippen molar-refractivity contribution in [2.75, 3.05) is 6.61 Å². The molecule has 0 aromatic carbocycles. The van der Waals surface area contributed by atoms with Crippen molar-refractivity contribution in [3.8, 4) is 0 Å². The number of hydrogen-bond donors (Lipinski definition) is 0. The fourth-order valence-electron chi connectivity index (χ4n) is 1.44. The summed E-state index contributed by atoms with van der Waals surface area (Å²) in [4.78, 5) is 11.3. The Bertz CT molecular complexity index is 207. The van der Waals surface area contributed by atoms with E-state index < -0.39 is 0 Å². The molecule has 0 N–H and O–H groups in total. The lowest BCUT2D eigenvalue weighted by Crippen LogP contribution is -2.09. The summed E-state index contributed by atoms with van der Waals surface area (Å²) in [5.74, 6) is 0.371. The van der Waals surface area contributed by atoms with Gasteiger partial charge in [-0.3, -0.25) is 4.79 Å². The SMILES string of the molecule is CCCCC/C=C/CCCC(=O)OCC(C)C. The Morgan fingerprint density at radius 2 is 1.76 bits per heavy atom. The molecule has 0 aromatic heterocycles. The minimum absolute atomic E-state index is 0.0573. The highest BCUT2D eigenvalue weighted by Gasteiger charge is 2.02. The van der Waals surface area contributed by atoms with E-state index in [-0.39, 0.29) is 5.97 Å². The largest absolute Gasteiger partial charge is 0.465 e. The van der Waals surface area contributed by atoms with Crippen LogP contribution in [0, 0.1) is 5.92 Å². The van der Waals surface area contributed by atoms with Crippen molar-refractivity contribution >= 4 is 5.97 Å². The van der Waals surface area contributed by atoms with Crippen LogP contribution in [0.4, 0.5) is 0 Å². The molecule has 0 amide bonds. The number of ether oxygens (including phenoxy) is 1. The van der Waals surface area contributed by atoms with Gasteiger partial charge in [0.25, 0.3) is 0 Å². The molecule has 0 aliphatic rings. The van der Waals surface area contributed by atoms with Crippen molar-refractivity contribution in [1.82, 2.24) is 0 Å². The van der Waals surface area contributed by atoms with Crippen molar-refractivity contribution < 1.29 is 9.53 Å². The Kier molecular flexibility index (Phi) is 11.1. The molecule has 0 aromatic rings. The smallest absolute Gasteiger partial charge is 0.305 e. The molecular weight excluding hydrogens is 212 g/mol. The lowest BCUT2D eigenvalue weighted by Gasteiger charge is -2.06. The number of allylic oxidation sites excluding steroid dienone is 2. The van der Waals surface area contributed by atoms with Crippen LogP contribution in [0.1, 0.15) is 65.7 Å². The first-order valence-electron chi connectivity index (χ1n) is 6.97. The van der Waals surface area contributed by atoms with Gasteiger partial charge in [0, 0.05) is 6.42 Å². The number of esters is 1. The molecule has 100 valence electrons. The van der Waals surface area contributed by atoms with Crippen molar-refractivity contribution in [1.29, 1.82) is 0 Å². The fourth-order valence-corrected chi connectivity index (χ4v) is 1.44. The highest BCUT2D eigenvalue weighted by atomic mass is 16.5. The van der Waals surface area contributed by atoms with Crippen LogP contribution < -0.4 is 0 Å². The van der Waals surface area contributed by atoms with Crippen molar-refractivity contribution in [2.24, 2.45) is 5.92 Å². The van der Waals surface area contributed by atoms with Gasteiger partial charge in [-0.05, 0) is 31.6 Å². The molecule has 0 saturated carbocycles. The van der Waals surface area contributed by atoms with E-state index in [4.69, 9.17) is 4.74 Å². The van der Waals surface area contributed by atoms with Gasteiger partial charge in [-0.2, -0.15) is 0 Å². The summed E-state index contributed by atoms with van der Waals surface area (Å²) in [7, 11) is 0. The van der Waals surface area contributed by atoms with Gasteiger partial charge in [0.1, 0.15) is 0 Å². The van der Waals surface area contributed by atoms with Gasteiger partial charge in [-0.25, -0.2) is 0 Å². The van der Waals surface area contributed by atoms with Gasteiger partial charge in [0.05, 0.1) is 6.61 Å².